The van der Waals surface area contributed by atoms with Crippen molar-refractivity contribution in [2.45, 2.75) is 38.6 Å². The largest absolute Gasteiger partial charge is 0.374 e. The van der Waals surface area contributed by atoms with E-state index < -0.39 is 0 Å². The van der Waals surface area contributed by atoms with Gasteiger partial charge in [-0.3, -0.25) is 14.9 Å². The van der Waals surface area contributed by atoms with Crippen LogP contribution in [0, 0.1) is 0 Å². The monoisotopic (exact) mass is 246 g/mol. The standard InChI is InChI=1S/C14H18N2O2/c1-9(2)10-4-3-5-11(8-10)15-12-6-7-13(17)16-14(12)18/h3-5,8-9,12,15H,6-7H2,1-2H3,(H,16,17,18)/t12-/m1/s1. The Morgan fingerprint density at radius 2 is 2.11 bits per heavy atom. The summed E-state index contributed by atoms with van der Waals surface area (Å²) in [6, 6.07) is 7.72. The molecule has 18 heavy (non-hydrogen) atoms. The fraction of sp³-hybridized carbons (Fsp3) is 0.429. The first kappa shape index (κ1) is 12.6. The third-order valence-corrected chi connectivity index (χ3v) is 3.13. The van der Waals surface area contributed by atoms with Crippen LogP contribution in [0.5, 0.6) is 0 Å². The number of piperidine rings is 1. The van der Waals surface area contributed by atoms with Gasteiger partial charge in [0.1, 0.15) is 6.04 Å². The van der Waals surface area contributed by atoms with E-state index in [1.54, 1.807) is 0 Å². The number of hydrogen-bond acceptors (Lipinski definition) is 3. The molecule has 0 aliphatic carbocycles. The number of amides is 2. The zero-order chi connectivity index (χ0) is 13.1. The van der Waals surface area contributed by atoms with Gasteiger partial charge in [-0.15, -0.1) is 0 Å². The first-order valence-electron chi connectivity index (χ1n) is 6.26. The summed E-state index contributed by atoms with van der Waals surface area (Å²) in [6.07, 6.45) is 0.948. The molecule has 0 unspecified atom stereocenters. The number of benzene rings is 1. The SMILES string of the molecule is CC(C)c1cccc(N[C@@H]2CCC(=O)NC2=O)c1. The predicted octanol–water partition coefficient (Wildman–Crippen LogP) is 2.03. The molecule has 0 bridgehead atoms. The first-order chi connectivity index (χ1) is 8.56. The summed E-state index contributed by atoms with van der Waals surface area (Å²) < 4.78 is 0. The molecule has 0 aromatic heterocycles. The summed E-state index contributed by atoms with van der Waals surface area (Å²) in [5.41, 5.74) is 2.16. The van der Waals surface area contributed by atoms with E-state index in [2.05, 4.69) is 30.5 Å². The summed E-state index contributed by atoms with van der Waals surface area (Å²) >= 11 is 0. The second-order valence-electron chi connectivity index (χ2n) is 4.93. The lowest BCUT2D eigenvalue weighted by Gasteiger charge is -2.23. The van der Waals surface area contributed by atoms with Gasteiger partial charge in [0.25, 0.3) is 0 Å². The molecule has 1 aliphatic heterocycles. The molecule has 1 heterocycles. The summed E-state index contributed by atoms with van der Waals surface area (Å²) in [7, 11) is 0. The number of anilines is 1. The smallest absolute Gasteiger partial charge is 0.249 e. The zero-order valence-corrected chi connectivity index (χ0v) is 10.7. The summed E-state index contributed by atoms with van der Waals surface area (Å²) in [4.78, 5) is 22.7. The minimum absolute atomic E-state index is 0.186. The summed E-state index contributed by atoms with van der Waals surface area (Å²) in [6.45, 7) is 4.26. The van der Waals surface area contributed by atoms with Gasteiger partial charge in [0.2, 0.25) is 11.8 Å². The average Bonchev–Trinajstić information content (AvgIpc) is 2.33. The maximum Gasteiger partial charge on any atom is 0.249 e. The van der Waals surface area contributed by atoms with Crippen molar-refractivity contribution in [2.75, 3.05) is 5.32 Å². The molecule has 1 saturated heterocycles. The van der Waals surface area contributed by atoms with Crippen LogP contribution in [-0.2, 0) is 9.59 Å². The van der Waals surface area contributed by atoms with Crippen molar-refractivity contribution in [3.8, 4) is 0 Å². The van der Waals surface area contributed by atoms with Gasteiger partial charge in [0, 0.05) is 12.1 Å². The molecule has 1 aromatic carbocycles. The summed E-state index contributed by atoms with van der Waals surface area (Å²) in [5.74, 6) is 0.0312. The van der Waals surface area contributed by atoms with Crippen LogP contribution < -0.4 is 10.6 Å². The molecule has 2 rings (SSSR count). The van der Waals surface area contributed by atoms with Crippen LogP contribution in [0.15, 0.2) is 24.3 Å². The number of imide groups is 1. The molecular weight excluding hydrogens is 228 g/mol. The van der Waals surface area contributed by atoms with Crippen LogP contribution in [0.25, 0.3) is 0 Å². The number of rotatable bonds is 3. The van der Waals surface area contributed by atoms with E-state index in [0.717, 1.165) is 5.69 Å². The minimum atomic E-state index is -0.315. The van der Waals surface area contributed by atoms with E-state index in [4.69, 9.17) is 0 Å². The van der Waals surface area contributed by atoms with Gasteiger partial charge in [0.05, 0.1) is 0 Å². The lowest BCUT2D eigenvalue weighted by molar-refractivity contribution is -0.133. The number of carbonyl (C=O) groups excluding carboxylic acids is 2. The van der Waals surface area contributed by atoms with Crippen molar-refractivity contribution in [3.63, 3.8) is 0 Å². The van der Waals surface area contributed by atoms with E-state index in [1.807, 2.05) is 18.2 Å². The van der Waals surface area contributed by atoms with E-state index in [0.29, 0.717) is 18.8 Å². The molecule has 4 nitrogen and oxygen atoms in total. The minimum Gasteiger partial charge on any atom is -0.374 e. The Labute approximate surface area is 107 Å². The quantitative estimate of drug-likeness (QED) is 0.802. The van der Waals surface area contributed by atoms with Gasteiger partial charge in [-0.05, 0) is 30.0 Å². The third-order valence-electron chi connectivity index (χ3n) is 3.13. The topological polar surface area (TPSA) is 58.2 Å². The Hall–Kier alpha value is -1.84. The third kappa shape index (κ3) is 2.88. The highest BCUT2D eigenvalue weighted by Gasteiger charge is 2.26. The van der Waals surface area contributed by atoms with Crippen molar-refractivity contribution in [1.82, 2.24) is 5.32 Å². The van der Waals surface area contributed by atoms with E-state index in [1.165, 1.54) is 5.56 Å². The van der Waals surface area contributed by atoms with Crippen LogP contribution in [0.4, 0.5) is 5.69 Å². The molecule has 1 atom stereocenters. The van der Waals surface area contributed by atoms with Crippen molar-refractivity contribution in [3.05, 3.63) is 29.8 Å². The average molecular weight is 246 g/mol. The molecule has 4 heteroatoms. The van der Waals surface area contributed by atoms with E-state index in [9.17, 15) is 9.59 Å². The van der Waals surface area contributed by atoms with Gasteiger partial charge in [-0.1, -0.05) is 26.0 Å². The first-order valence-corrected chi connectivity index (χ1v) is 6.26. The molecule has 2 N–H and O–H groups in total. The normalized spacial score (nSPS) is 19.8. The van der Waals surface area contributed by atoms with Crippen LogP contribution in [0.2, 0.25) is 0 Å². The lowest BCUT2D eigenvalue weighted by Crippen LogP contribution is -2.47. The Balaban J connectivity index is 2.07. The second kappa shape index (κ2) is 5.21. The zero-order valence-electron chi connectivity index (χ0n) is 10.7. The number of nitrogens with one attached hydrogen (secondary N) is 2. The van der Waals surface area contributed by atoms with Crippen LogP contribution in [0.3, 0.4) is 0 Å². The molecule has 1 aliphatic rings. The highest BCUT2D eigenvalue weighted by Crippen LogP contribution is 2.20. The maximum absolute atomic E-state index is 11.6. The van der Waals surface area contributed by atoms with Crippen LogP contribution in [0.1, 0.15) is 38.2 Å². The maximum atomic E-state index is 11.6. The molecule has 0 spiro atoms. The van der Waals surface area contributed by atoms with Gasteiger partial charge >= 0.3 is 0 Å². The fourth-order valence-corrected chi connectivity index (χ4v) is 2.02. The number of hydrogen-bond donors (Lipinski definition) is 2. The van der Waals surface area contributed by atoms with Crippen molar-refractivity contribution in [1.29, 1.82) is 0 Å². The molecular formula is C14H18N2O2. The molecule has 0 radical (unpaired) electrons. The van der Waals surface area contributed by atoms with E-state index >= 15 is 0 Å². The van der Waals surface area contributed by atoms with Crippen molar-refractivity contribution < 1.29 is 9.59 Å². The molecule has 96 valence electrons. The van der Waals surface area contributed by atoms with Crippen LogP contribution in [-0.4, -0.2) is 17.9 Å². The Morgan fingerprint density at radius 1 is 1.33 bits per heavy atom. The molecule has 0 saturated carbocycles. The number of carbonyl (C=O) groups is 2. The molecule has 1 aromatic rings. The molecule has 2 amide bonds. The predicted molar refractivity (Wildman–Crippen MR) is 70.3 cm³/mol. The van der Waals surface area contributed by atoms with Crippen molar-refractivity contribution >= 4 is 17.5 Å². The van der Waals surface area contributed by atoms with Crippen LogP contribution >= 0.6 is 0 Å². The highest BCUT2D eigenvalue weighted by molar-refractivity contribution is 6.01. The Morgan fingerprint density at radius 3 is 2.78 bits per heavy atom. The lowest BCUT2D eigenvalue weighted by atomic mass is 10.0. The fourth-order valence-electron chi connectivity index (χ4n) is 2.02. The molecule has 1 fully saturated rings. The van der Waals surface area contributed by atoms with Gasteiger partial charge in [-0.25, -0.2) is 0 Å². The van der Waals surface area contributed by atoms with Gasteiger partial charge < -0.3 is 5.32 Å². The second-order valence-corrected chi connectivity index (χ2v) is 4.93. The Kier molecular flexibility index (Phi) is 3.65. The van der Waals surface area contributed by atoms with Gasteiger partial charge in [0.15, 0.2) is 0 Å². The summed E-state index contributed by atoms with van der Waals surface area (Å²) in [5, 5.41) is 5.53. The van der Waals surface area contributed by atoms with Crippen molar-refractivity contribution in [2.24, 2.45) is 0 Å². The van der Waals surface area contributed by atoms with E-state index in [-0.39, 0.29) is 17.9 Å². The highest BCUT2D eigenvalue weighted by atomic mass is 16.2. The van der Waals surface area contributed by atoms with Gasteiger partial charge in [-0.2, -0.15) is 0 Å². The Bertz CT molecular complexity index is 469.